The lowest BCUT2D eigenvalue weighted by atomic mass is 10.3. The van der Waals surface area contributed by atoms with Gasteiger partial charge < -0.3 is 10.2 Å². The first-order valence-electron chi connectivity index (χ1n) is 8.46. The Hall–Kier alpha value is -1.58. The van der Waals surface area contributed by atoms with Crippen molar-refractivity contribution in [3.8, 4) is 0 Å². The zero-order valence-corrected chi connectivity index (χ0v) is 16.0. The normalized spacial score (nSPS) is 17.9. The van der Waals surface area contributed by atoms with Gasteiger partial charge in [0.25, 0.3) is 0 Å². The third-order valence-corrected chi connectivity index (χ3v) is 6.31. The maximum Gasteiger partial charge on any atom is 0.238 e. The number of amides is 2. The van der Waals surface area contributed by atoms with Gasteiger partial charge in [-0.05, 0) is 18.2 Å². The Morgan fingerprint density at radius 3 is 2.77 bits per heavy atom. The van der Waals surface area contributed by atoms with Crippen molar-refractivity contribution in [2.75, 3.05) is 56.1 Å². The number of thioether (sulfide) groups is 2. The lowest BCUT2D eigenvalue weighted by molar-refractivity contribution is -0.130. The summed E-state index contributed by atoms with van der Waals surface area (Å²) in [6.07, 6.45) is 0. The number of halogens is 1. The highest BCUT2D eigenvalue weighted by atomic mass is 32.2. The molecule has 2 heterocycles. The lowest BCUT2D eigenvalue weighted by Gasteiger charge is -2.34. The first kappa shape index (κ1) is 19.2. The Morgan fingerprint density at radius 1 is 1.27 bits per heavy atom. The van der Waals surface area contributed by atoms with E-state index >= 15 is 0 Å². The minimum atomic E-state index is -0.380. The molecule has 0 spiro atoms. The summed E-state index contributed by atoms with van der Waals surface area (Å²) in [5.41, 5.74) is 0.452. The largest absolute Gasteiger partial charge is 0.339 e. The highest BCUT2D eigenvalue weighted by Crippen LogP contribution is 2.22. The van der Waals surface area contributed by atoms with E-state index in [1.54, 1.807) is 23.9 Å². The van der Waals surface area contributed by atoms with Crippen molar-refractivity contribution in [1.29, 1.82) is 0 Å². The molecule has 1 aromatic carbocycles. The van der Waals surface area contributed by atoms with Crippen molar-refractivity contribution in [3.05, 3.63) is 30.1 Å². The summed E-state index contributed by atoms with van der Waals surface area (Å²) >= 11 is 3.22. The van der Waals surface area contributed by atoms with Crippen molar-refractivity contribution >= 4 is 45.4 Å². The number of piperazine rings is 1. The Bertz CT molecular complexity index is 693. The molecule has 3 rings (SSSR count). The van der Waals surface area contributed by atoms with Crippen LogP contribution >= 0.6 is 23.5 Å². The van der Waals surface area contributed by atoms with Crippen molar-refractivity contribution in [2.45, 2.75) is 0 Å². The van der Waals surface area contributed by atoms with Gasteiger partial charge in [-0.1, -0.05) is 29.6 Å². The predicted molar refractivity (Wildman–Crippen MR) is 105 cm³/mol. The van der Waals surface area contributed by atoms with Crippen molar-refractivity contribution in [2.24, 2.45) is 4.99 Å². The first-order chi connectivity index (χ1) is 12.6. The van der Waals surface area contributed by atoms with E-state index < -0.39 is 0 Å². The minimum absolute atomic E-state index is 0.120. The van der Waals surface area contributed by atoms with Crippen molar-refractivity contribution < 1.29 is 14.0 Å². The van der Waals surface area contributed by atoms with Crippen LogP contribution in [0.4, 0.5) is 10.1 Å². The van der Waals surface area contributed by atoms with Crippen LogP contribution in [0, 0.1) is 5.82 Å². The highest BCUT2D eigenvalue weighted by Gasteiger charge is 2.23. The molecule has 2 amide bonds. The van der Waals surface area contributed by atoms with E-state index in [9.17, 15) is 14.0 Å². The van der Waals surface area contributed by atoms with E-state index in [4.69, 9.17) is 0 Å². The SMILES string of the molecule is O=C(CN1CCN(C(=O)CSC2=NCCS2)CC1)Nc1cccc(F)c1. The number of hydrogen-bond acceptors (Lipinski definition) is 6. The Balaban J connectivity index is 1.37. The van der Waals surface area contributed by atoms with Gasteiger partial charge in [0.2, 0.25) is 11.8 Å². The van der Waals surface area contributed by atoms with Gasteiger partial charge >= 0.3 is 0 Å². The van der Waals surface area contributed by atoms with Gasteiger partial charge in [0.15, 0.2) is 0 Å². The van der Waals surface area contributed by atoms with Crippen LogP contribution in [0.2, 0.25) is 0 Å². The molecule has 0 unspecified atom stereocenters. The summed E-state index contributed by atoms with van der Waals surface area (Å²) in [6.45, 7) is 3.63. The van der Waals surface area contributed by atoms with E-state index in [1.165, 1.54) is 23.9 Å². The van der Waals surface area contributed by atoms with Gasteiger partial charge in [0, 0.05) is 37.6 Å². The smallest absolute Gasteiger partial charge is 0.238 e. The topological polar surface area (TPSA) is 65.0 Å². The van der Waals surface area contributed by atoms with Crippen molar-refractivity contribution in [3.63, 3.8) is 0 Å². The van der Waals surface area contributed by atoms with Gasteiger partial charge in [0.05, 0.1) is 18.8 Å². The zero-order chi connectivity index (χ0) is 18.4. The fourth-order valence-electron chi connectivity index (χ4n) is 2.74. The summed E-state index contributed by atoms with van der Waals surface area (Å²) in [7, 11) is 0. The van der Waals surface area contributed by atoms with Gasteiger partial charge in [-0.3, -0.25) is 19.5 Å². The molecule has 1 N–H and O–H groups in total. The predicted octanol–water partition coefficient (Wildman–Crippen LogP) is 1.74. The number of carbonyl (C=O) groups excluding carboxylic acids is 2. The van der Waals surface area contributed by atoms with Crippen LogP contribution in [0.1, 0.15) is 0 Å². The number of hydrogen-bond donors (Lipinski definition) is 1. The van der Waals surface area contributed by atoms with Crippen LogP contribution in [0.3, 0.4) is 0 Å². The van der Waals surface area contributed by atoms with Crippen LogP contribution < -0.4 is 5.32 Å². The second-order valence-corrected chi connectivity index (χ2v) is 8.31. The van der Waals surface area contributed by atoms with Gasteiger partial charge in [-0.25, -0.2) is 4.39 Å². The average Bonchev–Trinajstić information content (AvgIpc) is 3.14. The van der Waals surface area contributed by atoms with Crippen LogP contribution in [-0.2, 0) is 9.59 Å². The molecule has 0 aromatic heterocycles. The molecule has 0 atom stereocenters. The van der Waals surface area contributed by atoms with Crippen molar-refractivity contribution in [1.82, 2.24) is 9.80 Å². The molecule has 0 saturated carbocycles. The van der Waals surface area contributed by atoms with E-state index in [2.05, 4.69) is 10.3 Å². The minimum Gasteiger partial charge on any atom is -0.339 e. The quantitative estimate of drug-likeness (QED) is 0.821. The Morgan fingerprint density at radius 2 is 2.08 bits per heavy atom. The average molecular weight is 397 g/mol. The molecule has 0 radical (unpaired) electrons. The molecular formula is C17H21FN4O2S2. The van der Waals surface area contributed by atoms with Crippen LogP contribution in [0.25, 0.3) is 0 Å². The summed E-state index contributed by atoms with van der Waals surface area (Å²) in [5.74, 6) is 0.990. The van der Waals surface area contributed by atoms with Crippen LogP contribution in [0.5, 0.6) is 0 Å². The first-order valence-corrected chi connectivity index (χ1v) is 10.4. The maximum absolute atomic E-state index is 13.1. The van der Waals surface area contributed by atoms with E-state index in [0.29, 0.717) is 37.6 Å². The van der Waals surface area contributed by atoms with E-state index in [-0.39, 0.29) is 24.2 Å². The molecule has 0 bridgehead atoms. The zero-order valence-electron chi connectivity index (χ0n) is 14.3. The van der Waals surface area contributed by atoms with E-state index in [0.717, 1.165) is 16.7 Å². The van der Waals surface area contributed by atoms with Gasteiger partial charge in [-0.2, -0.15) is 0 Å². The highest BCUT2D eigenvalue weighted by molar-refractivity contribution is 8.39. The monoisotopic (exact) mass is 396 g/mol. The third-order valence-electron chi connectivity index (χ3n) is 4.08. The summed E-state index contributed by atoms with van der Waals surface area (Å²) < 4.78 is 14.2. The Kier molecular flexibility index (Phi) is 6.93. The second-order valence-electron chi connectivity index (χ2n) is 6.00. The standard InChI is InChI=1S/C17H21FN4O2S2/c18-13-2-1-3-14(10-13)20-15(23)11-21-5-7-22(8-6-21)16(24)12-26-17-19-4-9-25-17/h1-3,10H,4-9,11-12H2,(H,20,23). The number of nitrogens with zero attached hydrogens (tertiary/aromatic N) is 3. The molecule has 140 valence electrons. The molecule has 9 heteroatoms. The molecule has 2 aliphatic rings. The van der Waals surface area contributed by atoms with Crippen LogP contribution in [0.15, 0.2) is 29.3 Å². The number of rotatable bonds is 5. The fourth-order valence-corrected chi connectivity index (χ4v) is 4.65. The molecular weight excluding hydrogens is 375 g/mol. The second kappa shape index (κ2) is 9.38. The molecule has 2 aliphatic heterocycles. The molecule has 6 nitrogen and oxygen atoms in total. The molecule has 1 fully saturated rings. The number of carbonyl (C=O) groups is 2. The number of anilines is 1. The molecule has 1 saturated heterocycles. The van der Waals surface area contributed by atoms with Gasteiger partial charge in [0.1, 0.15) is 10.2 Å². The molecule has 26 heavy (non-hydrogen) atoms. The number of benzene rings is 1. The summed E-state index contributed by atoms with van der Waals surface area (Å²) in [6, 6.07) is 5.84. The lowest BCUT2D eigenvalue weighted by Crippen LogP contribution is -2.50. The van der Waals surface area contributed by atoms with E-state index in [1.807, 2.05) is 9.80 Å². The third kappa shape index (κ3) is 5.72. The maximum atomic E-state index is 13.1. The number of aliphatic imine (C=N–C) groups is 1. The van der Waals surface area contributed by atoms with Gasteiger partial charge in [-0.15, -0.1) is 0 Å². The van der Waals surface area contributed by atoms with Crippen LogP contribution in [-0.4, -0.2) is 76.8 Å². The summed E-state index contributed by atoms with van der Waals surface area (Å²) in [5, 5.41) is 2.70. The molecule has 1 aromatic rings. The molecule has 0 aliphatic carbocycles. The fraction of sp³-hybridized carbons (Fsp3) is 0.471. The summed E-state index contributed by atoms with van der Waals surface area (Å²) in [4.78, 5) is 32.5. The number of nitrogens with one attached hydrogen (secondary N) is 1. The Labute approximate surface area is 160 Å².